The van der Waals surface area contributed by atoms with Gasteiger partial charge in [-0.05, 0) is 80.6 Å². The summed E-state index contributed by atoms with van der Waals surface area (Å²) in [5.74, 6) is 2.23. The topological polar surface area (TPSA) is 57.6 Å². The minimum atomic E-state index is -0.0491. The molecule has 2 heterocycles. The molecule has 1 unspecified atom stereocenters. The standard InChI is InChI=1S/C24H27NO3/c1-24(2)15-18(11-12-27-24)16-26-21-9-10-23-19(13-21)14-22(28-23)8-5-17-3-6-20(25)7-4-17/h3-10,13-14,18H,11-12,15-16,25H2,1-2H3. The Morgan fingerprint density at radius 1 is 1.11 bits per heavy atom. The summed E-state index contributed by atoms with van der Waals surface area (Å²) in [5, 5.41) is 1.04. The Balaban J connectivity index is 1.42. The average molecular weight is 377 g/mol. The van der Waals surface area contributed by atoms with Gasteiger partial charge in [0.05, 0.1) is 12.2 Å². The SMILES string of the molecule is CC1(C)CC(COc2ccc3oc(C=Cc4ccc(N)cc4)cc3c2)CCO1. The number of furan rings is 1. The summed E-state index contributed by atoms with van der Waals surface area (Å²) in [6, 6.07) is 15.8. The van der Waals surface area contributed by atoms with Gasteiger partial charge in [-0.15, -0.1) is 0 Å². The largest absolute Gasteiger partial charge is 0.493 e. The first kappa shape index (κ1) is 18.6. The van der Waals surface area contributed by atoms with Crippen LogP contribution in [0.3, 0.4) is 0 Å². The number of nitrogens with two attached hydrogens (primary N) is 1. The lowest BCUT2D eigenvalue weighted by molar-refractivity contribution is -0.0785. The number of anilines is 1. The molecule has 4 nitrogen and oxygen atoms in total. The van der Waals surface area contributed by atoms with Gasteiger partial charge in [-0.1, -0.05) is 18.2 Å². The number of hydrogen-bond acceptors (Lipinski definition) is 4. The van der Waals surface area contributed by atoms with Crippen LogP contribution in [0.15, 0.2) is 52.9 Å². The van der Waals surface area contributed by atoms with Crippen molar-refractivity contribution in [2.75, 3.05) is 18.9 Å². The molecule has 0 spiro atoms. The van der Waals surface area contributed by atoms with Crippen molar-refractivity contribution in [3.05, 3.63) is 59.9 Å². The van der Waals surface area contributed by atoms with Crippen LogP contribution in [0.4, 0.5) is 5.69 Å². The minimum Gasteiger partial charge on any atom is -0.493 e. The normalized spacial score (nSPS) is 19.3. The molecule has 0 radical (unpaired) electrons. The van der Waals surface area contributed by atoms with Crippen molar-refractivity contribution in [2.24, 2.45) is 5.92 Å². The molecule has 1 saturated heterocycles. The van der Waals surface area contributed by atoms with Gasteiger partial charge in [0.25, 0.3) is 0 Å². The zero-order chi connectivity index (χ0) is 19.6. The van der Waals surface area contributed by atoms with Gasteiger partial charge in [0.1, 0.15) is 17.1 Å². The van der Waals surface area contributed by atoms with E-state index in [1.807, 2.05) is 60.7 Å². The number of benzene rings is 2. The highest BCUT2D eigenvalue weighted by Crippen LogP contribution is 2.30. The molecular weight excluding hydrogens is 350 g/mol. The van der Waals surface area contributed by atoms with Crippen LogP contribution in [0.1, 0.15) is 38.0 Å². The van der Waals surface area contributed by atoms with Crippen LogP contribution in [0, 0.1) is 5.92 Å². The average Bonchev–Trinajstić information content (AvgIpc) is 3.07. The Labute approximate surface area is 165 Å². The first-order chi connectivity index (χ1) is 13.5. The lowest BCUT2D eigenvalue weighted by Gasteiger charge is -2.35. The van der Waals surface area contributed by atoms with Crippen LogP contribution in [-0.2, 0) is 4.74 Å². The smallest absolute Gasteiger partial charge is 0.135 e. The molecule has 28 heavy (non-hydrogen) atoms. The molecule has 0 amide bonds. The molecule has 1 aliphatic rings. The number of ether oxygens (including phenoxy) is 2. The van der Waals surface area contributed by atoms with Gasteiger partial charge in [-0.25, -0.2) is 0 Å². The Hall–Kier alpha value is -2.72. The maximum atomic E-state index is 6.07. The molecule has 2 N–H and O–H groups in total. The predicted octanol–water partition coefficient (Wildman–Crippen LogP) is 5.77. The van der Waals surface area contributed by atoms with Crippen LogP contribution in [0.5, 0.6) is 5.75 Å². The summed E-state index contributed by atoms with van der Waals surface area (Å²) in [5.41, 5.74) is 8.38. The Morgan fingerprint density at radius 2 is 1.93 bits per heavy atom. The van der Waals surface area contributed by atoms with Crippen LogP contribution < -0.4 is 10.5 Å². The van der Waals surface area contributed by atoms with Crippen molar-refractivity contribution >= 4 is 28.8 Å². The zero-order valence-corrected chi connectivity index (χ0v) is 16.5. The van der Waals surface area contributed by atoms with Gasteiger partial charge in [0.15, 0.2) is 0 Å². The van der Waals surface area contributed by atoms with Crippen LogP contribution >= 0.6 is 0 Å². The number of rotatable bonds is 5. The predicted molar refractivity (Wildman–Crippen MR) is 114 cm³/mol. The second-order valence-corrected chi connectivity index (χ2v) is 8.13. The molecule has 1 fully saturated rings. The summed E-state index contributed by atoms with van der Waals surface area (Å²) in [7, 11) is 0. The first-order valence-corrected chi connectivity index (χ1v) is 9.81. The van der Waals surface area contributed by atoms with Crippen LogP contribution in [0.25, 0.3) is 23.1 Å². The van der Waals surface area contributed by atoms with E-state index in [1.165, 1.54) is 0 Å². The second-order valence-electron chi connectivity index (χ2n) is 8.13. The molecule has 146 valence electrons. The maximum Gasteiger partial charge on any atom is 0.135 e. The van der Waals surface area contributed by atoms with E-state index < -0.39 is 0 Å². The molecule has 1 aromatic heterocycles. The van der Waals surface area contributed by atoms with Crippen molar-refractivity contribution in [3.63, 3.8) is 0 Å². The van der Waals surface area contributed by atoms with Crippen molar-refractivity contribution in [1.29, 1.82) is 0 Å². The van der Waals surface area contributed by atoms with Gasteiger partial charge in [0.2, 0.25) is 0 Å². The van der Waals surface area contributed by atoms with E-state index in [0.29, 0.717) is 5.92 Å². The fourth-order valence-corrected chi connectivity index (χ4v) is 3.71. The van der Waals surface area contributed by atoms with E-state index in [-0.39, 0.29) is 5.60 Å². The van der Waals surface area contributed by atoms with Crippen molar-refractivity contribution in [1.82, 2.24) is 0 Å². The monoisotopic (exact) mass is 377 g/mol. The lowest BCUT2D eigenvalue weighted by atomic mass is 9.89. The highest BCUT2D eigenvalue weighted by atomic mass is 16.5. The summed E-state index contributed by atoms with van der Waals surface area (Å²) in [4.78, 5) is 0. The van der Waals surface area contributed by atoms with Crippen molar-refractivity contribution in [2.45, 2.75) is 32.3 Å². The van der Waals surface area contributed by atoms with Gasteiger partial charge in [-0.3, -0.25) is 0 Å². The van der Waals surface area contributed by atoms with E-state index in [9.17, 15) is 0 Å². The third kappa shape index (κ3) is 4.57. The second kappa shape index (κ2) is 7.72. The third-order valence-electron chi connectivity index (χ3n) is 5.17. The fourth-order valence-electron chi connectivity index (χ4n) is 3.71. The third-order valence-corrected chi connectivity index (χ3v) is 5.17. The van der Waals surface area contributed by atoms with Gasteiger partial charge in [-0.2, -0.15) is 0 Å². The molecule has 0 aliphatic carbocycles. The van der Waals surface area contributed by atoms with Crippen LogP contribution in [-0.4, -0.2) is 18.8 Å². The molecule has 4 heteroatoms. The fraction of sp³-hybridized carbons (Fsp3) is 0.333. The first-order valence-electron chi connectivity index (χ1n) is 9.81. The summed E-state index contributed by atoms with van der Waals surface area (Å²) < 4.78 is 17.8. The summed E-state index contributed by atoms with van der Waals surface area (Å²) >= 11 is 0. The quantitative estimate of drug-likeness (QED) is 0.574. The van der Waals surface area contributed by atoms with E-state index >= 15 is 0 Å². The molecule has 2 aromatic carbocycles. The molecule has 4 rings (SSSR count). The van der Waals surface area contributed by atoms with Gasteiger partial charge < -0.3 is 19.6 Å². The van der Waals surface area contributed by atoms with Gasteiger partial charge in [0, 0.05) is 17.7 Å². The maximum absolute atomic E-state index is 6.07. The van der Waals surface area contributed by atoms with E-state index in [2.05, 4.69) is 13.8 Å². The summed E-state index contributed by atoms with van der Waals surface area (Å²) in [6.45, 7) is 5.83. The number of hydrogen-bond donors (Lipinski definition) is 1. The Morgan fingerprint density at radius 3 is 2.71 bits per heavy atom. The number of nitrogen functional groups attached to an aromatic ring is 1. The molecule has 0 saturated carbocycles. The van der Waals surface area contributed by atoms with E-state index in [4.69, 9.17) is 19.6 Å². The minimum absolute atomic E-state index is 0.0491. The van der Waals surface area contributed by atoms with Gasteiger partial charge >= 0.3 is 0 Å². The zero-order valence-electron chi connectivity index (χ0n) is 16.5. The highest BCUT2D eigenvalue weighted by Gasteiger charge is 2.29. The molecular formula is C24H27NO3. The Bertz CT molecular complexity index is 969. The number of fused-ring (bicyclic) bond motifs is 1. The highest BCUT2D eigenvalue weighted by molar-refractivity contribution is 5.83. The molecule has 3 aromatic rings. The van der Waals surface area contributed by atoms with E-state index in [1.54, 1.807) is 0 Å². The molecule has 1 aliphatic heterocycles. The Kier molecular flexibility index (Phi) is 5.14. The molecule has 1 atom stereocenters. The summed E-state index contributed by atoms with van der Waals surface area (Å²) in [6.07, 6.45) is 6.07. The van der Waals surface area contributed by atoms with E-state index in [0.717, 1.165) is 59.8 Å². The van der Waals surface area contributed by atoms with Crippen molar-refractivity contribution in [3.8, 4) is 5.75 Å². The molecule has 0 bridgehead atoms. The van der Waals surface area contributed by atoms with Crippen LogP contribution in [0.2, 0.25) is 0 Å². The lowest BCUT2D eigenvalue weighted by Crippen LogP contribution is -2.36. The van der Waals surface area contributed by atoms with Crippen molar-refractivity contribution < 1.29 is 13.9 Å².